The normalized spacial score (nSPS) is 24.5. The molecule has 0 bridgehead atoms. The molecule has 1 aromatic heterocycles. The zero-order valence-electron chi connectivity index (χ0n) is 14.6. The van der Waals surface area contributed by atoms with Gasteiger partial charge in [0.2, 0.25) is 11.8 Å². The quantitative estimate of drug-likeness (QED) is 0.823. The van der Waals surface area contributed by atoms with Crippen molar-refractivity contribution in [1.82, 2.24) is 14.7 Å². The van der Waals surface area contributed by atoms with Gasteiger partial charge in [0.25, 0.3) is 0 Å². The molecule has 2 amide bonds. The van der Waals surface area contributed by atoms with Gasteiger partial charge in [0, 0.05) is 32.6 Å². The van der Waals surface area contributed by atoms with Crippen LogP contribution in [0.4, 0.5) is 0 Å². The summed E-state index contributed by atoms with van der Waals surface area (Å²) >= 11 is 0. The van der Waals surface area contributed by atoms with Gasteiger partial charge in [-0.25, -0.2) is 0 Å². The van der Waals surface area contributed by atoms with Crippen molar-refractivity contribution in [3.8, 4) is 0 Å². The molecule has 132 valence electrons. The van der Waals surface area contributed by atoms with Gasteiger partial charge in [-0.3, -0.25) is 14.5 Å². The molecule has 24 heavy (non-hydrogen) atoms. The van der Waals surface area contributed by atoms with Gasteiger partial charge < -0.3 is 14.2 Å². The molecule has 2 atom stereocenters. The Hall–Kier alpha value is -1.82. The first-order valence-corrected chi connectivity index (χ1v) is 8.84. The second kappa shape index (κ2) is 7.38. The third-order valence-electron chi connectivity index (χ3n) is 5.30. The molecular formula is C18H27N3O3. The molecular weight excluding hydrogens is 306 g/mol. The van der Waals surface area contributed by atoms with Crippen LogP contribution in [0.15, 0.2) is 22.8 Å². The van der Waals surface area contributed by atoms with Gasteiger partial charge in [0.05, 0.1) is 19.4 Å². The summed E-state index contributed by atoms with van der Waals surface area (Å²) in [6.07, 6.45) is 5.92. The van der Waals surface area contributed by atoms with Gasteiger partial charge in [-0.05, 0) is 44.4 Å². The van der Waals surface area contributed by atoms with Gasteiger partial charge in [-0.2, -0.15) is 0 Å². The minimum atomic E-state index is 0.102. The van der Waals surface area contributed by atoms with Crippen LogP contribution in [0.5, 0.6) is 0 Å². The number of likely N-dealkylation sites (N-methyl/N-ethyl adjacent to an activating group) is 1. The summed E-state index contributed by atoms with van der Waals surface area (Å²) in [7, 11) is 1.81. The highest BCUT2D eigenvalue weighted by Crippen LogP contribution is 2.30. The van der Waals surface area contributed by atoms with E-state index in [4.69, 9.17) is 4.42 Å². The van der Waals surface area contributed by atoms with E-state index in [9.17, 15) is 9.59 Å². The summed E-state index contributed by atoms with van der Waals surface area (Å²) in [5, 5.41) is 0. The van der Waals surface area contributed by atoms with E-state index < -0.39 is 0 Å². The number of furan rings is 1. The molecule has 6 nitrogen and oxygen atoms in total. The third-order valence-corrected chi connectivity index (χ3v) is 5.30. The van der Waals surface area contributed by atoms with Crippen molar-refractivity contribution in [2.24, 2.45) is 0 Å². The fourth-order valence-corrected chi connectivity index (χ4v) is 4.09. The first-order valence-electron chi connectivity index (χ1n) is 8.84. The summed E-state index contributed by atoms with van der Waals surface area (Å²) < 4.78 is 5.32. The van der Waals surface area contributed by atoms with Crippen molar-refractivity contribution in [2.45, 2.75) is 51.2 Å². The van der Waals surface area contributed by atoms with E-state index in [0.717, 1.165) is 44.5 Å². The molecule has 2 aliphatic rings. The molecule has 2 aliphatic heterocycles. The van der Waals surface area contributed by atoms with Crippen LogP contribution in [0, 0.1) is 0 Å². The van der Waals surface area contributed by atoms with Crippen molar-refractivity contribution in [3.05, 3.63) is 24.2 Å². The number of hydrogen-bond donors (Lipinski definition) is 0. The Morgan fingerprint density at radius 3 is 2.71 bits per heavy atom. The van der Waals surface area contributed by atoms with Gasteiger partial charge >= 0.3 is 0 Å². The minimum Gasteiger partial charge on any atom is -0.467 e. The number of carbonyl (C=O) groups excluding carboxylic acids is 2. The smallest absolute Gasteiger partial charge is 0.236 e. The summed E-state index contributed by atoms with van der Waals surface area (Å²) in [5.41, 5.74) is 0. The molecule has 3 heterocycles. The fourth-order valence-electron chi connectivity index (χ4n) is 4.09. The lowest BCUT2D eigenvalue weighted by atomic mass is 10.0. The summed E-state index contributed by atoms with van der Waals surface area (Å²) in [4.78, 5) is 30.4. The first-order chi connectivity index (χ1) is 11.6. The van der Waals surface area contributed by atoms with Crippen LogP contribution in [0.3, 0.4) is 0 Å². The Labute approximate surface area is 143 Å². The van der Waals surface area contributed by atoms with E-state index in [2.05, 4.69) is 4.90 Å². The molecule has 6 heteroatoms. The van der Waals surface area contributed by atoms with Crippen LogP contribution < -0.4 is 0 Å². The van der Waals surface area contributed by atoms with Crippen molar-refractivity contribution in [2.75, 3.05) is 26.7 Å². The van der Waals surface area contributed by atoms with Gasteiger partial charge in [0.1, 0.15) is 5.76 Å². The van der Waals surface area contributed by atoms with Crippen LogP contribution in [0.1, 0.15) is 38.4 Å². The number of amides is 2. The van der Waals surface area contributed by atoms with E-state index in [1.54, 1.807) is 18.1 Å². The average molecular weight is 333 g/mol. The highest BCUT2D eigenvalue weighted by atomic mass is 16.3. The van der Waals surface area contributed by atoms with Gasteiger partial charge in [0.15, 0.2) is 0 Å². The molecule has 0 aliphatic carbocycles. The maximum absolute atomic E-state index is 12.6. The number of nitrogens with zero attached hydrogens (tertiary/aromatic N) is 3. The fraction of sp³-hybridized carbons (Fsp3) is 0.667. The van der Waals surface area contributed by atoms with Crippen molar-refractivity contribution in [3.63, 3.8) is 0 Å². The van der Waals surface area contributed by atoms with Gasteiger partial charge in [-0.15, -0.1) is 0 Å². The minimum absolute atomic E-state index is 0.102. The molecule has 3 rings (SSSR count). The molecule has 0 saturated carbocycles. The Morgan fingerprint density at radius 2 is 2.00 bits per heavy atom. The zero-order valence-corrected chi connectivity index (χ0v) is 14.6. The van der Waals surface area contributed by atoms with Crippen LogP contribution in [-0.2, 0) is 16.1 Å². The van der Waals surface area contributed by atoms with Crippen molar-refractivity contribution in [1.29, 1.82) is 0 Å². The maximum Gasteiger partial charge on any atom is 0.236 e. The molecule has 0 unspecified atom stereocenters. The second-order valence-corrected chi connectivity index (χ2v) is 6.93. The second-order valence-electron chi connectivity index (χ2n) is 6.93. The van der Waals surface area contributed by atoms with E-state index in [-0.39, 0.29) is 17.9 Å². The molecule has 0 radical (unpaired) electrons. The topological polar surface area (TPSA) is 57.0 Å². The lowest BCUT2D eigenvalue weighted by Gasteiger charge is -2.34. The Morgan fingerprint density at radius 1 is 1.25 bits per heavy atom. The highest BCUT2D eigenvalue weighted by Gasteiger charge is 2.39. The maximum atomic E-state index is 12.6. The standard InChI is InChI=1S/C18H27N3O3/c1-14(22)21-10-4-8-17(21)16-7-3-9-20(16)13-18(23)19(2)12-15-6-5-11-24-15/h5-6,11,16-17H,3-4,7-10,12-13H2,1-2H3/t16-,17+/m1/s1. The lowest BCUT2D eigenvalue weighted by Crippen LogP contribution is -2.50. The average Bonchev–Trinajstić information content (AvgIpc) is 3.27. The summed E-state index contributed by atoms with van der Waals surface area (Å²) in [6, 6.07) is 4.30. The number of carbonyl (C=O) groups is 2. The van der Waals surface area contributed by atoms with Crippen molar-refractivity contribution < 1.29 is 14.0 Å². The Balaban J connectivity index is 1.59. The van der Waals surface area contributed by atoms with Crippen LogP contribution in [0.25, 0.3) is 0 Å². The molecule has 0 spiro atoms. The highest BCUT2D eigenvalue weighted by molar-refractivity contribution is 5.78. The number of likely N-dealkylation sites (tertiary alicyclic amines) is 2. The third kappa shape index (κ3) is 3.64. The van der Waals surface area contributed by atoms with E-state index >= 15 is 0 Å². The Bertz CT molecular complexity index is 572. The lowest BCUT2D eigenvalue weighted by molar-refractivity contribution is -0.133. The van der Waals surface area contributed by atoms with Gasteiger partial charge in [-0.1, -0.05) is 0 Å². The zero-order chi connectivity index (χ0) is 17.1. The number of hydrogen-bond acceptors (Lipinski definition) is 4. The van der Waals surface area contributed by atoms with Crippen LogP contribution in [0.2, 0.25) is 0 Å². The van der Waals surface area contributed by atoms with E-state index in [1.165, 1.54) is 0 Å². The molecule has 0 aromatic carbocycles. The molecule has 2 saturated heterocycles. The number of rotatable bonds is 5. The van der Waals surface area contributed by atoms with E-state index in [0.29, 0.717) is 19.1 Å². The largest absolute Gasteiger partial charge is 0.467 e. The van der Waals surface area contributed by atoms with Crippen LogP contribution >= 0.6 is 0 Å². The van der Waals surface area contributed by atoms with Crippen molar-refractivity contribution >= 4 is 11.8 Å². The SMILES string of the molecule is CC(=O)N1CCC[C@H]1[C@H]1CCCN1CC(=O)N(C)Cc1ccco1. The predicted molar refractivity (Wildman–Crippen MR) is 90.2 cm³/mol. The van der Waals surface area contributed by atoms with Crippen LogP contribution in [-0.4, -0.2) is 65.3 Å². The first kappa shape index (κ1) is 17.0. The molecule has 2 fully saturated rings. The monoisotopic (exact) mass is 333 g/mol. The summed E-state index contributed by atoms with van der Waals surface area (Å²) in [6.45, 7) is 4.36. The molecule has 0 N–H and O–H groups in total. The molecule has 1 aromatic rings. The van der Waals surface area contributed by atoms with E-state index in [1.807, 2.05) is 24.1 Å². The predicted octanol–water partition coefficient (Wildman–Crippen LogP) is 1.71. The summed E-state index contributed by atoms with van der Waals surface area (Å²) in [5.74, 6) is 1.05. The Kier molecular flexibility index (Phi) is 5.23.